The van der Waals surface area contributed by atoms with Crippen molar-refractivity contribution in [3.8, 4) is 0 Å². The summed E-state index contributed by atoms with van der Waals surface area (Å²) in [7, 11) is -3.67. The number of hydrazine groups is 1. The number of benzene rings is 1. The minimum atomic E-state index is -3.67. The number of rotatable bonds is 4. The van der Waals surface area contributed by atoms with Gasteiger partial charge in [0.25, 0.3) is 5.91 Å². The van der Waals surface area contributed by atoms with Crippen LogP contribution in [0.3, 0.4) is 0 Å². The molecule has 0 bridgehead atoms. The smallest absolute Gasteiger partial charge is 0.253 e. The van der Waals surface area contributed by atoms with Crippen LogP contribution in [0, 0.1) is 6.92 Å². The first-order valence-electron chi connectivity index (χ1n) is 8.01. The van der Waals surface area contributed by atoms with Crippen molar-refractivity contribution in [1.82, 2.24) is 16.2 Å². The zero-order chi connectivity index (χ0) is 17.6. The van der Waals surface area contributed by atoms with E-state index in [0.717, 1.165) is 18.4 Å². The molecule has 1 aliphatic rings. The minimum absolute atomic E-state index is 0.131. The third-order valence-corrected chi connectivity index (χ3v) is 5.81. The van der Waals surface area contributed by atoms with Gasteiger partial charge in [-0.25, -0.2) is 8.42 Å². The van der Waals surface area contributed by atoms with E-state index in [1.807, 2.05) is 6.92 Å². The van der Waals surface area contributed by atoms with E-state index in [9.17, 15) is 13.2 Å². The average Bonchev–Trinajstić information content (AvgIpc) is 2.54. The molecule has 1 aromatic carbocycles. The van der Waals surface area contributed by atoms with E-state index in [1.54, 1.807) is 12.1 Å². The predicted octanol–water partition coefficient (Wildman–Crippen LogP) is 1.60. The molecular weight excluding hydrogens is 346 g/mol. The number of amides is 1. The molecule has 1 amide bonds. The van der Waals surface area contributed by atoms with E-state index >= 15 is 0 Å². The number of carbonyl (C=O) groups is 1. The van der Waals surface area contributed by atoms with E-state index in [1.165, 1.54) is 31.4 Å². The van der Waals surface area contributed by atoms with Crippen molar-refractivity contribution in [2.45, 2.75) is 50.0 Å². The lowest BCUT2D eigenvalue weighted by atomic mass is 9.96. The van der Waals surface area contributed by atoms with Crippen molar-refractivity contribution < 1.29 is 13.2 Å². The summed E-state index contributed by atoms with van der Waals surface area (Å²) in [6.45, 7) is 1.87. The standard InChI is InChI=1S/C16H23N3O3S2/c1-12-7-9-14(10-8-12)24(21,22)11-15(20)18-19-16(23)17-13-5-3-2-4-6-13/h7-10,13H,2-6,11H2,1H3,(H,18,20)(H2,17,19,23). The molecule has 0 unspecified atom stereocenters. The molecule has 3 N–H and O–H groups in total. The Labute approximate surface area is 148 Å². The van der Waals surface area contributed by atoms with Crippen LogP contribution in [0.5, 0.6) is 0 Å². The van der Waals surface area contributed by atoms with Gasteiger partial charge < -0.3 is 5.32 Å². The van der Waals surface area contributed by atoms with Crippen LogP contribution >= 0.6 is 12.2 Å². The van der Waals surface area contributed by atoms with E-state index < -0.39 is 21.5 Å². The Hall–Kier alpha value is -1.67. The first-order chi connectivity index (χ1) is 11.4. The topological polar surface area (TPSA) is 87.3 Å². The van der Waals surface area contributed by atoms with Crippen LogP contribution in [0.1, 0.15) is 37.7 Å². The van der Waals surface area contributed by atoms with Gasteiger partial charge in [0.15, 0.2) is 14.9 Å². The van der Waals surface area contributed by atoms with Crippen molar-refractivity contribution in [3.05, 3.63) is 29.8 Å². The summed E-state index contributed by atoms with van der Waals surface area (Å²) in [6, 6.07) is 6.71. The van der Waals surface area contributed by atoms with Gasteiger partial charge in [0.1, 0.15) is 5.75 Å². The zero-order valence-corrected chi connectivity index (χ0v) is 15.3. The van der Waals surface area contributed by atoms with Crippen molar-refractivity contribution in [1.29, 1.82) is 0 Å². The zero-order valence-electron chi connectivity index (χ0n) is 13.7. The van der Waals surface area contributed by atoms with Crippen LogP contribution in [0.15, 0.2) is 29.2 Å². The summed E-state index contributed by atoms with van der Waals surface area (Å²) >= 11 is 5.12. The number of thiocarbonyl (C=S) groups is 1. The maximum Gasteiger partial charge on any atom is 0.253 e. The van der Waals surface area contributed by atoms with Crippen molar-refractivity contribution in [2.24, 2.45) is 0 Å². The maximum atomic E-state index is 12.2. The first kappa shape index (κ1) is 18.7. The van der Waals surface area contributed by atoms with Crippen molar-refractivity contribution in [2.75, 3.05) is 5.75 Å². The molecule has 0 aromatic heterocycles. The molecule has 0 atom stereocenters. The fraction of sp³-hybridized carbons (Fsp3) is 0.500. The van der Waals surface area contributed by atoms with Gasteiger partial charge in [0.05, 0.1) is 4.90 Å². The number of nitrogens with one attached hydrogen (secondary N) is 3. The summed E-state index contributed by atoms with van der Waals surface area (Å²) in [6.07, 6.45) is 5.68. The highest BCUT2D eigenvalue weighted by Gasteiger charge is 2.19. The Morgan fingerprint density at radius 1 is 1.12 bits per heavy atom. The fourth-order valence-corrected chi connectivity index (χ4v) is 3.98. The second-order valence-corrected chi connectivity index (χ2v) is 8.45. The molecule has 1 aromatic rings. The second kappa shape index (κ2) is 8.43. The van der Waals surface area contributed by atoms with Crippen molar-refractivity contribution in [3.63, 3.8) is 0 Å². The minimum Gasteiger partial charge on any atom is -0.359 e. The number of sulfone groups is 1. The first-order valence-corrected chi connectivity index (χ1v) is 10.1. The molecule has 0 radical (unpaired) electrons. The van der Waals surface area contributed by atoms with Gasteiger partial charge in [-0.05, 0) is 44.1 Å². The lowest BCUT2D eigenvalue weighted by Crippen LogP contribution is -2.51. The molecule has 6 nitrogen and oxygen atoms in total. The Morgan fingerprint density at radius 3 is 2.38 bits per heavy atom. The third kappa shape index (κ3) is 5.76. The molecule has 0 saturated heterocycles. The molecular formula is C16H23N3O3S2. The molecule has 0 aliphatic heterocycles. The fourth-order valence-electron chi connectivity index (χ4n) is 2.63. The lowest BCUT2D eigenvalue weighted by Gasteiger charge is -2.24. The SMILES string of the molecule is Cc1ccc(S(=O)(=O)CC(=O)NNC(=S)NC2CCCCC2)cc1. The molecule has 2 rings (SSSR count). The molecule has 0 heterocycles. The van der Waals surface area contributed by atoms with Gasteiger partial charge in [0.2, 0.25) is 0 Å². The number of aryl methyl sites for hydroxylation is 1. The predicted molar refractivity (Wildman–Crippen MR) is 97.1 cm³/mol. The van der Waals surface area contributed by atoms with Crippen molar-refractivity contribution >= 4 is 33.1 Å². The Morgan fingerprint density at radius 2 is 1.75 bits per heavy atom. The molecule has 132 valence electrons. The Bertz CT molecular complexity index is 681. The van der Waals surface area contributed by atoms with Crippen LogP contribution in [0.2, 0.25) is 0 Å². The van der Waals surface area contributed by atoms with Gasteiger partial charge in [0, 0.05) is 6.04 Å². The normalized spacial score (nSPS) is 15.5. The van der Waals surface area contributed by atoms with Crippen LogP contribution in [-0.4, -0.2) is 31.2 Å². The molecule has 1 fully saturated rings. The summed E-state index contributed by atoms with van der Waals surface area (Å²) in [4.78, 5) is 12.0. The molecule has 8 heteroatoms. The van der Waals surface area contributed by atoms with Crippen LogP contribution in [0.4, 0.5) is 0 Å². The largest absolute Gasteiger partial charge is 0.359 e. The van der Waals surface area contributed by atoms with Gasteiger partial charge in [-0.3, -0.25) is 15.6 Å². The molecule has 1 saturated carbocycles. The number of hydrogen-bond donors (Lipinski definition) is 3. The molecule has 0 spiro atoms. The van der Waals surface area contributed by atoms with Gasteiger partial charge in [-0.1, -0.05) is 37.0 Å². The van der Waals surface area contributed by atoms with Crippen LogP contribution in [-0.2, 0) is 14.6 Å². The highest BCUT2D eigenvalue weighted by atomic mass is 32.2. The van der Waals surface area contributed by atoms with E-state index in [2.05, 4.69) is 16.2 Å². The Balaban J connectivity index is 1.79. The summed E-state index contributed by atoms with van der Waals surface area (Å²) in [5.41, 5.74) is 5.86. The third-order valence-electron chi connectivity index (χ3n) is 3.96. The second-order valence-electron chi connectivity index (χ2n) is 6.05. The van der Waals surface area contributed by atoms with E-state index in [-0.39, 0.29) is 4.90 Å². The summed E-state index contributed by atoms with van der Waals surface area (Å²) < 4.78 is 24.4. The van der Waals surface area contributed by atoms with E-state index in [0.29, 0.717) is 11.2 Å². The van der Waals surface area contributed by atoms with Gasteiger partial charge in [-0.2, -0.15) is 0 Å². The van der Waals surface area contributed by atoms with Crippen LogP contribution in [0.25, 0.3) is 0 Å². The quantitative estimate of drug-likeness (QED) is 0.552. The highest BCUT2D eigenvalue weighted by Crippen LogP contribution is 2.17. The van der Waals surface area contributed by atoms with Gasteiger partial charge >= 0.3 is 0 Å². The average molecular weight is 370 g/mol. The van der Waals surface area contributed by atoms with E-state index in [4.69, 9.17) is 12.2 Å². The highest BCUT2D eigenvalue weighted by molar-refractivity contribution is 7.92. The van der Waals surface area contributed by atoms with Gasteiger partial charge in [-0.15, -0.1) is 0 Å². The Kier molecular flexibility index (Phi) is 6.56. The molecule has 24 heavy (non-hydrogen) atoms. The monoisotopic (exact) mass is 369 g/mol. The summed E-state index contributed by atoms with van der Waals surface area (Å²) in [5, 5.41) is 3.44. The number of hydrogen-bond acceptors (Lipinski definition) is 4. The lowest BCUT2D eigenvalue weighted by molar-refractivity contribution is -0.119. The molecule has 1 aliphatic carbocycles. The number of carbonyl (C=O) groups excluding carboxylic acids is 1. The summed E-state index contributed by atoms with van der Waals surface area (Å²) in [5.74, 6) is -1.28. The van der Waals surface area contributed by atoms with Crippen LogP contribution < -0.4 is 16.2 Å². The maximum absolute atomic E-state index is 12.2.